The molecule has 58 heavy (non-hydrogen) atoms. The van der Waals surface area contributed by atoms with Gasteiger partial charge in [-0.15, -0.1) is 0 Å². The smallest absolute Gasteiger partial charge is 0.245 e. The standard InChI is InChI=1S/C39H61N9O10/c1-19(2)16-26-34(53)41-18-29(51)46-32(23(8)49)39(58)48-30(20(3)4)37(56)42-22(7)33(52)47-31(21(5)6)38(57)43-25(14-15-28(40)50)35(54)45-27(36(55)44-26)17-24-12-10-9-11-13-24/h9-13,19-23,25-27,30-32,49H,14-18H2,1-8H3,(H2,40,50)(H,41,53)(H,42,56)(H,43,57)(H,44,55)(H,45,54)(H,46,51)(H,47,52)(H,48,58)/t22-,23+,25-,26-,27-,30-,31-,32-/m0/s1. The molecule has 8 atom stereocenters. The van der Waals surface area contributed by atoms with Crippen LogP contribution in [0.15, 0.2) is 30.3 Å². The molecular formula is C39H61N9O10. The molecule has 322 valence electrons. The zero-order valence-electron chi connectivity index (χ0n) is 34.5. The molecule has 0 radical (unpaired) electrons. The Kier molecular flexibility index (Phi) is 19.2. The van der Waals surface area contributed by atoms with Crippen LogP contribution in [0.1, 0.15) is 80.2 Å². The Morgan fingerprint density at radius 3 is 1.67 bits per heavy atom. The molecule has 0 aliphatic carbocycles. The normalized spacial score (nSPS) is 25.9. The quantitative estimate of drug-likeness (QED) is 0.121. The van der Waals surface area contributed by atoms with Crippen molar-refractivity contribution in [2.75, 3.05) is 6.54 Å². The van der Waals surface area contributed by atoms with Crippen LogP contribution in [0, 0.1) is 17.8 Å². The van der Waals surface area contributed by atoms with Crippen LogP contribution < -0.4 is 48.3 Å². The molecule has 0 aromatic heterocycles. The van der Waals surface area contributed by atoms with Gasteiger partial charge in [-0.1, -0.05) is 71.9 Å². The average molecular weight is 816 g/mol. The predicted molar refractivity (Wildman–Crippen MR) is 212 cm³/mol. The Labute approximate surface area is 338 Å². The number of benzene rings is 1. The van der Waals surface area contributed by atoms with E-state index >= 15 is 0 Å². The molecule has 1 saturated heterocycles. The van der Waals surface area contributed by atoms with E-state index in [0.717, 1.165) is 0 Å². The van der Waals surface area contributed by atoms with Crippen LogP contribution in [0.25, 0.3) is 0 Å². The van der Waals surface area contributed by atoms with Gasteiger partial charge < -0.3 is 53.4 Å². The molecule has 0 spiro atoms. The van der Waals surface area contributed by atoms with Crippen LogP contribution in [0.3, 0.4) is 0 Å². The maximum atomic E-state index is 14.0. The van der Waals surface area contributed by atoms with Crippen molar-refractivity contribution in [3.05, 3.63) is 35.9 Å². The number of carbonyl (C=O) groups is 9. The van der Waals surface area contributed by atoms with E-state index in [4.69, 9.17) is 5.73 Å². The summed E-state index contributed by atoms with van der Waals surface area (Å²) < 4.78 is 0. The SMILES string of the molecule is CC(C)C[C@@H]1NC(=O)[C@H](Cc2ccccc2)NC(=O)[C@H](CCC(N)=O)NC(=O)[C@H](C(C)C)NC(=O)[C@H](C)NC(=O)[C@H](C(C)C)NC(=O)[C@H]([C@@H](C)O)NC(=O)CNC1=O. The third-order valence-electron chi connectivity index (χ3n) is 9.32. The second-order valence-electron chi connectivity index (χ2n) is 15.7. The summed E-state index contributed by atoms with van der Waals surface area (Å²) in [6, 6.07) is -0.582. The number of hydrogen-bond donors (Lipinski definition) is 10. The molecular weight excluding hydrogens is 754 g/mol. The van der Waals surface area contributed by atoms with Crippen LogP contribution in [0.2, 0.25) is 0 Å². The Hall–Kier alpha value is -5.59. The number of carbonyl (C=O) groups excluding carboxylic acids is 9. The van der Waals surface area contributed by atoms with E-state index in [0.29, 0.717) is 5.56 Å². The summed E-state index contributed by atoms with van der Waals surface area (Å²) in [7, 11) is 0. The van der Waals surface area contributed by atoms with E-state index in [-0.39, 0.29) is 31.6 Å². The first kappa shape index (κ1) is 48.6. The Morgan fingerprint density at radius 1 is 0.638 bits per heavy atom. The van der Waals surface area contributed by atoms with Crippen molar-refractivity contribution in [3.8, 4) is 0 Å². The molecule has 1 aromatic carbocycles. The summed E-state index contributed by atoms with van der Waals surface area (Å²) in [4.78, 5) is 120. The van der Waals surface area contributed by atoms with Gasteiger partial charge in [0.15, 0.2) is 0 Å². The van der Waals surface area contributed by atoms with Crippen LogP contribution in [0.5, 0.6) is 0 Å². The van der Waals surface area contributed by atoms with Crippen molar-refractivity contribution in [2.24, 2.45) is 23.5 Å². The van der Waals surface area contributed by atoms with E-state index in [1.165, 1.54) is 13.8 Å². The van der Waals surface area contributed by atoms with E-state index in [1.807, 2.05) is 0 Å². The third kappa shape index (κ3) is 15.7. The van der Waals surface area contributed by atoms with Crippen molar-refractivity contribution in [2.45, 2.75) is 129 Å². The van der Waals surface area contributed by atoms with Crippen molar-refractivity contribution in [3.63, 3.8) is 0 Å². The van der Waals surface area contributed by atoms with Gasteiger partial charge in [-0.2, -0.15) is 0 Å². The fourth-order valence-electron chi connectivity index (χ4n) is 6.00. The molecule has 1 aromatic rings. The summed E-state index contributed by atoms with van der Waals surface area (Å²) in [5.41, 5.74) is 6.03. The third-order valence-corrected chi connectivity index (χ3v) is 9.32. The number of aliphatic hydroxyl groups is 1. The summed E-state index contributed by atoms with van der Waals surface area (Å²) in [6.45, 7) is 12.0. The minimum absolute atomic E-state index is 0.0535. The van der Waals surface area contributed by atoms with Crippen molar-refractivity contribution >= 4 is 53.2 Å². The first-order chi connectivity index (χ1) is 27.1. The predicted octanol–water partition coefficient (Wildman–Crippen LogP) is -2.22. The maximum Gasteiger partial charge on any atom is 0.245 e. The lowest BCUT2D eigenvalue weighted by atomic mass is 9.99. The highest BCUT2D eigenvalue weighted by atomic mass is 16.3. The lowest BCUT2D eigenvalue weighted by Crippen LogP contribution is -2.62. The molecule has 0 unspecified atom stereocenters. The van der Waals surface area contributed by atoms with Crippen molar-refractivity contribution < 1.29 is 48.3 Å². The van der Waals surface area contributed by atoms with Crippen LogP contribution in [-0.2, 0) is 49.6 Å². The number of rotatable bonds is 10. The second kappa shape index (κ2) is 23.0. The van der Waals surface area contributed by atoms with Gasteiger partial charge in [-0.3, -0.25) is 43.2 Å². The molecule has 11 N–H and O–H groups in total. The van der Waals surface area contributed by atoms with E-state index in [9.17, 15) is 48.3 Å². The molecule has 0 bridgehead atoms. The highest BCUT2D eigenvalue weighted by molar-refractivity contribution is 5.98. The number of aliphatic hydroxyl groups excluding tert-OH is 1. The second-order valence-corrected chi connectivity index (χ2v) is 15.7. The van der Waals surface area contributed by atoms with Gasteiger partial charge in [0.25, 0.3) is 0 Å². The fraction of sp³-hybridized carbons (Fsp3) is 0.615. The number of hydrogen-bond acceptors (Lipinski definition) is 10. The number of nitrogens with one attached hydrogen (secondary N) is 8. The maximum absolute atomic E-state index is 14.0. The van der Waals surface area contributed by atoms with Crippen molar-refractivity contribution in [1.82, 2.24) is 42.5 Å². The summed E-state index contributed by atoms with van der Waals surface area (Å²) in [5, 5.41) is 30.7. The number of nitrogens with two attached hydrogens (primary N) is 1. The molecule has 1 aliphatic heterocycles. The molecule has 9 amide bonds. The van der Waals surface area contributed by atoms with Gasteiger partial charge in [0.05, 0.1) is 12.6 Å². The van der Waals surface area contributed by atoms with Gasteiger partial charge in [-0.25, -0.2) is 0 Å². The van der Waals surface area contributed by atoms with Gasteiger partial charge in [0.2, 0.25) is 53.2 Å². The Bertz CT molecular complexity index is 1640. The van der Waals surface area contributed by atoms with E-state index in [2.05, 4.69) is 42.5 Å². The number of primary amides is 1. The Morgan fingerprint density at radius 2 is 1.14 bits per heavy atom. The fourth-order valence-corrected chi connectivity index (χ4v) is 6.00. The monoisotopic (exact) mass is 815 g/mol. The van der Waals surface area contributed by atoms with Crippen LogP contribution in [0.4, 0.5) is 0 Å². The van der Waals surface area contributed by atoms with E-state index < -0.39 is 120 Å². The minimum atomic E-state index is -1.56. The summed E-state index contributed by atoms with van der Waals surface area (Å²) >= 11 is 0. The molecule has 19 heteroatoms. The zero-order valence-corrected chi connectivity index (χ0v) is 34.5. The molecule has 0 saturated carbocycles. The first-order valence-electron chi connectivity index (χ1n) is 19.5. The summed E-state index contributed by atoms with van der Waals surface area (Å²) in [6.07, 6.45) is -1.98. The van der Waals surface area contributed by atoms with Crippen LogP contribution in [-0.4, -0.2) is 113 Å². The highest BCUT2D eigenvalue weighted by Gasteiger charge is 2.36. The van der Waals surface area contributed by atoms with Crippen molar-refractivity contribution in [1.29, 1.82) is 0 Å². The Balaban J connectivity index is 2.63. The first-order valence-corrected chi connectivity index (χ1v) is 19.5. The largest absolute Gasteiger partial charge is 0.391 e. The van der Waals surface area contributed by atoms with E-state index in [1.54, 1.807) is 71.9 Å². The van der Waals surface area contributed by atoms with Gasteiger partial charge in [0, 0.05) is 12.8 Å². The molecule has 1 aliphatic rings. The highest BCUT2D eigenvalue weighted by Crippen LogP contribution is 2.11. The molecule has 1 fully saturated rings. The molecule has 2 rings (SSSR count). The molecule has 1 heterocycles. The van der Waals surface area contributed by atoms with Gasteiger partial charge >= 0.3 is 0 Å². The lowest BCUT2D eigenvalue weighted by Gasteiger charge is -2.29. The number of amides is 9. The van der Waals surface area contributed by atoms with Gasteiger partial charge in [0.1, 0.15) is 42.3 Å². The zero-order chi connectivity index (χ0) is 43.9. The minimum Gasteiger partial charge on any atom is -0.391 e. The average Bonchev–Trinajstić information content (AvgIpc) is 3.13. The van der Waals surface area contributed by atoms with Crippen LogP contribution >= 0.6 is 0 Å². The summed E-state index contributed by atoms with van der Waals surface area (Å²) in [5.74, 6) is -8.54. The topological polar surface area (TPSA) is 296 Å². The van der Waals surface area contributed by atoms with Gasteiger partial charge in [-0.05, 0) is 50.0 Å². The lowest BCUT2D eigenvalue weighted by molar-refractivity contribution is -0.137. The molecule has 19 nitrogen and oxygen atoms in total.